The number of aromatic nitrogens is 4. The van der Waals surface area contributed by atoms with E-state index in [9.17, 15) is 4.79 Å². The lowest BCUT2D eigenvalue weighted by Gasteiger charge is -2.26. The Morgan fingerprint density at radius 3 is 2.87 bits per heavy atom. The van der Waals surface area contributed by atoms with E-state index in [2.05, 4.69) is 25.3 Å². The van der Waals surface area contributed by atoms with Crippen molar-refractivity contribution in [3.05, 3.63) is 66.2 Å². The number of carbonyl (C=O) groups excluding carboxylic acids is 1. The lowest BCUT2D eigenvalue weighted by molar-refractivity contribution is 0.0471. The van der Waals surface area contributed by atoms with Gasteiger partial charge in [-0.3, -0.25) is 9.97 Å². The maximum absolute atomic E-state index is 12.5. The average Bonchev–Trinajstić information content (AvgIpc) is 3.24. The van der Waals surface area contributed by atoms with Gasteiger partial charge in [0.15, 0.2) is 0 Å². The summed E-state index contributed by atoms with van der Waals surface area (Å²) in [5, 5.41) is 4.09. The van der Waals surface area contributed by atoms with Crippen LogP contribution >= 0.6 is 0 Å². The number of H-pyrrole nitrogens is 1. The second-order valence-corrected chi connectivity index (χ2v) is 7.87. The van der Waals surface area contributed by atoms with Crippen molar-refractivity contribution in [2.24, 2.45) is 5.92 Å². The molecule has 3 aromatic heterocycles. The van der Waals surface area contributed by atoms with E-state index < -0.39 is 0 Å². The third-order valence-electron chi connectivity index (χ3n) is 5.60. The molecular weight excluding hydrogens is 390 g/mol. The number of aryl methyl sites for hydroxylation is 1. The van der Waals surface area contributed by atoms with Gasteiger partial charge >= 0.3 is 5.97 Å². The maximum atomic E-state index is 12.5. The molecule has 0 unspecified atom stereocenters. The Morgan fingerprint density at radius 2 is 2.06 bits per heavy atom. The Morgan fingerprint density at radius 1 is 1.16 bits per heavy atom. The van der Waals surface area contributed by atoms with Crippen molar-refractivity contribution in [2.45, 2.75) is 13.3 Å². The second kappa shape index (κ2) is 8.28. The highest BCUT2D eigenvalue weighted by Gasteiger charge is 2.18. The van der Waals surface area contributed by atoms with E-state index in [0.717, 1.165) is 58.8 Å². The molecular formula is C24H23N5O2. The lowest BCUT2D eigenvalue weighted by atomic mass is 10.0. The Hall–Kier alpha value is -3.58. The molecule has 0 atom stereocenters. The first-order valence-corrected chi connectivity index (χ1v) is 10.4. The summed E-state index contributed by atoms with van der Waals surface area (Å²) >= 11 is 0. The zero-order valence-corrected chi connectivity index (χ0v) is 17.3. The largest absolute Gasteiger partial charge is 0.462 e. The first-order chi connectivity index (χ1) is 15.2. The highest BCUT2D eigenvalue weighted by Crippen LogP contribution is 2.30. The van der Waals surface area contributed by atoms with Crippen LogP contribution in [-0.2, 0) is 4.74 Å². The van der Waals surface area contributed by atoms with Crippen LogP contribution in [0.4, 0.5) is 0 Å². The molecule has 1 aromatic carbocycles. The maximum Gasteiger partial charge on any atom is 0.339 e. The van der Waals surface area contributed by atoms with E-state index in [0.29, 0.717) is 18.1 Å². The number of pyridine rings is 2. The number of imidazole rings is 1. The summed E-state index contributed by atoms with van der Waals surface area (Å²) < 4.78 is 5.44. The third-order valence-corrected chi connectivity index (χ3v) is 5.60. The van der Waals surface area contributed by atoms with Crippen LogP contribution in [0.15, 0.2) is 55.0 Å². The summed E-state index contributed by atoms with van der Waals surface area (Å²) in [5.74, 6) is 0.271. The molecule has 4 aromatic rings. The summed E-state index contributed by atoms with van der Waals surface area (Å²) in [7, 11) is 0. The molecule has 1 aliphatic rings. The van der Waals surface area contributed by atoms with Crippen LogP contribution in [0.2, 0.25) is 0 Å². The standard InChI is InChI=1S/C24H23N5O2/c1-15-3-2-4-21(29-15)23-22(27-14-28-23)17-5-6-20-18(9-17)10-19(13-26-20)24(30)31-8-7-16-11-25-12-16/h2-6,9-10,13-14,16,25H,7-8,11-12H2,1H3,(H,27,28). The van der Waals surface area contributed by atoms with Gasteiger partial charge in [-0.2, -0.15) is 0 Å². The number of rotatable bonds is 6. The number of nitrogens with one attached hydrogen (secondary N) is 2. The van der Waals surface area contributed by atoms with Gasteiger partial charge < -0.3 is 15.0 Å². The molecule has 0 spiro atoms. The minimum atomic E-state index is -0.337. The Bertz CT molecular complexity index is 1250. The van der Waals surface area contributed by atoms with Crippen molar-refractivity contribution < 1.29 is 9.53 Å². The molecule has 2 N–H and O–H groups in total. The molecule has 0 saturated carbocycles. The SMILES string of the molecule is Cc1cccc(-c2[nH]cnc2-c2ccc3ncc(C(=O)OCCC4CNC4)cc3c2)n1. The van der Waals surface area contributed by atoms with E-state index in [-0.39, 0.29) is 5.97 Å². The molecule has 1 aliphatic heterocycles. The number of fused-ring (bicyclic) bond motifs is 1. The van der Waals surface area contributed by atoms with Crippen LogP contribution in [0, 0.1) is 12.8 Å². The van der Waals surface area contributed by atoms with E-state index >= 15 is 0 Å². The fourth-order valence-corrected chi connectivity index (χ4v) is 3.74. The molecule has 156 valence electrons. The highest BCUT2D eigenvalue weighted by molar-refractivity contribution is 5.95. The average molecular weight is 413 g/mol. The van der Waals surface area contributed by atoms with Crippen molar-refractivity contribution in [2.75, 3.05) is 19.7 Å². The van der Waals surface area contributed by atoms with Gasteiger partial charge in [0.1, 0.15) is 0 Å². The fraction of sp³-hybridized carbons (Fsp3) is 0.250. The number of ether oxygens (including phenoxy) is 1. The zero-order chi connectivity index (χ0) is 21.2. The van der Waals surface area contributed by atoms with Crippen LogP contribution < -0.4 is 5.32 Å². The third kappa shape index (κ3) is 4.04. The molecule has 0 radical (unpaired) electrons. The van der Waals surface area contributed by atoms with Gasteiger partial charge in [-0.25, -0.2) is 9.78 Å². The van der Waals surface area contributed by atoms with Crippen molar-refractivity contribution in [1.82, 2.24) is 25.3 Å². The quantitative estimate of drug-likeness (QED) is 0.468. The minimum Gasteiger partial charge on any atom is -0.462 e. The number of hydrogen-bond donors (Lipinski definition) is 2. The van der Waals surface area contributed by atoms with E-state index in [1.165, 1.54) is 0 Å². The van der Waals surface area contributed by atoms with Crippen LogP contribution in [0.5, 0.6) is 0 Å². The molecule has 1 saturated heterocycles. The van der Waals surface area contributed by atoms with Crippen LogP contribution in [0.1, 0.15) is 22.5 Å². The summed E-state index contributed by atoms with van der Waals surface area (Å²) in [6.07, 6.45) is 4.13. The first-order valence-electron chi connectivity index (χ1n) is 10.4. The summed E-state index contributed by atoms with van der Waals surface area (Å²) in [6, 6.07) is 13.6. The number of hydrogen-bond acceptors (Lipinski definition) is 6. The summed E-state index contributed by atoms with van der Waals surface area (Å²) in [5.41, 5.74) is 5.64. The Kier molecular flexibility index (Phi) is 5.18. The van der Waals surface area contributed by atoms with Gasteiger partial charge in [0.2, 0.25) is 0 Å². The highest BCUT2D eigenvalue weighted by atomic mass is 16.5. The predicted octanol–water partition coefficient (Wildman–Crippen LogP) is 3.76. The number of aromatic amines is 1. The lowest BCUT2D eigenvalue weighted by Crippen LogP contribution is -2.42. The molecule has 0 amide bonds. The monoisotopic (exact) mass is 413 g/mol. The van der Waals surface area contributed by atoms with E-state index in [1.54, 1.807) is 12.5 Å². The first kappa shape index (κ1) is 19.4. The van der Waals surface area contributed by atoms with Crippen molar-refractivity contribution in [1.29, 1.82) is 0 Å². The molecule has 1 fully saturated rings. The smallest absolute Gasteiger partial charge is 0.339 e. The van der Waals surface area contributed by atoms with Crippen molar-refractivity contribution in [3.63, 3.8) is 0 Å². The van der Waals surface area contributed by atoms with Gasteiger partial charge in [0, 0.05) is 22.8 Å². The second-order valence-electron chi connectivity index (χ2n) is 7.87. The molecule has 0 aliphatic carbocycles. The Balaban J connectivity index is 1.41. The van der Waals surface area contributed by atoms with Crippen LogP contribution in [0.3, 0.4) is 0 Å². The van der Waals surface area contributed by atoms with Crippen molar-refractivity contribution >= 4 is 16.9 Å². The minimum absolute atomic E-state index is 0.337. The van der Waals surface area contributed by atoms with Gasteiger partial charge in [0.25, 0.3) is 0 Å². The molecule has 5 rings (SSSR count). The summed E-state index contributed by atoms with van der Waals surface area (Å²) in [4.78, 5) is 29.2. The predicted molar refractivity (Wildman–Crippen MR) is 119 cm³/mol. The molecule has 7 nitrogen and oxygen atoms in total. The number of carbonyl (C=O) groups is 1. The van der Waals surface area contributed by atoms with E-state index in [4.69, 9.17) is 4.74 Å². The van der Waals surface area contributed by atoms with Crippen LogP contribution in [0.25, 0.3) is 33.5 Å². The van der Waals surface area contributed by atoms with Gasteiger partial charge in [-0.15, -0.1) is 0 Å². The zero-order valence-electron chi connectivity index (χ0n) is 17.3. The van der Waals surface area contributed by atoms with Gasteiger partial charge in [-0.05, 0) is 62.7 Å². The van der Waals surface area contributed by atoms with E-state index in [1.807, 2.05) is 49.4 Å². The van der Waals surface area contributed by atoms with Crippen molar-refractivity contribution in [3.8, 4) is 22.6 Å². The Labute approximate surface area is 179 Å². The number of nitrogens with zero attached hydrogens (tertiary/aromatic N) is 3. The fourth-order valence-electron chi connectivity index (χ4n) is 3.74. The summed E-state index contributed by atoms with van der Waals surface area (Å²) in [6.45, 7) is 4.41. The molecule has 31 heavy (non-hydrogen) atoms. The van der Waals surface area contributed by atoms with Gasteiger partial charge in [0.05, 0.1) is 41.1 Å². The molecule has 0 bridgehead atoms. The van der Waals surface area contributed by atoms with Gasteiger partial charge in [-0.1, -0.05) is 12.1 Å². The molecule has 7 heteroatoms. The number of esters is 1. The molecule has 4 heterocycles. The number of benzene rings is 1. The van der Waals surface area contributed by atoms with Crippen LogP contribution in [-0.4, -0.2) is 45.6 Å². The topological polar surface area (TPSA) is 92.8 Å². The normalized spacial score (nSPS) is 13.8.